The fourth-order valence-electron chi connectivity index (χ4n) is 0.774. The summed E-state index contributed by atoms with van der Waals surface area (Å²) in [4.78, 5) is 0. The molecule has 82 valence electrons. The zero-order valence-electron chi connectivity index (χ0n) is 8.18. The van der Waals surface area contributed by atoms with Gasteiger partial charge in [-0.25, -0.2) is 5.26 Å². The summed E-state index contributed by atoms with van der Waals surface area (Å²) >= 11 is 0. The number of rotatable bonds is 4. The van der Waals surface area contributed by atoms with Crippen molar-refractivity contribution in [2.75, 3.05) is 27.2 Å². The van der Waals surface area contributed by atoms with Gasteiger partial charge in [-0.15, -0.1) is 12.4 Å². The Bertz CT molecular complexity index is 137. The second-order valence-electron chi connectivity index (χ2n) is 2.88. The normalized spacial score (nSPS) is 7.14. The molecular weight excluding hydrogens is 269 g/mol. The molecule has 0 unspecified atom stereocenters. The van der Waals surface area contributed by atoms with E-state index in [4.69, 9.17) is 5.26 Å². The van der Waals surface area contributed by atoms with Gasteiger partial charge in [-0.3, -0.25) is 0 Å². The first-order valence-electron chi connectivity index (χ1n) is 3.42. The van der Waals surface area contributed by atoms with Crippen LogP contribution in [0.3, 0.4) is 0 Å². The molecule has 0 aromatic heterocycles. The van der Waals surface area contributed by atoms with Crippen LogP contribution in [0.4, 0.5) is 0 Å². The number of hydrogen-bond donors (Lipinski definition) is 0. The Kier molecular flexibility index (Phi) is 41.8. The van der Waals surface area contributed by atoms with Gasteiger partial charge in [0.2, 0.25) is 0 Å². The van der Waals surface area contributed by atoms with E-state index in [1.165, 1.54) is 0 Å². The summed E-state index contributed by atoms with van der Waals surface area (Å²) < 4.78 is 0.951. The van der Waals surface area contributed by atoms with E-state index in [0.717, 1.165) is 17.6 Å². The maximum Gasteiger partial charge on any atom is 0 e. The molecule has 2 nitrogen and oxygen atoms in total. The number of nitriles is 1. The van der Waals surface area contributed by atoms with Crippen molar-refractivity contribution < 1.29 is 21.0 Å². The van der Waals surface area contributed by atoms with E-state index in [0.29, 0.717) is 0 Å². The molecule has 0 aliphatic rings. The third-order valence-corrected chi connectivity index (χ3v) is 1.25. The maximum atomic E-state index is 6.50. The molecule has 0 atom stereocenters. The van der Waals surface area contributed by atoms with E-state index >= 15 is 0 Å². The van der Waals surface area contributed by atoms with Crippen molar-refractivity contribution in [1.29, 1.82) is 5.26 Å². The SMILES string of the molecule is C#N.C=CC[N+](C)(C)CC=C.Cl.[KH].[Ni]. The van der Waals surface area contributed by atoms with E-state index in [1.54, 1.807) is 0 Å². The third-order valence-electron chi connectivity index (χ3n) is 1.25. The van der Waals surface area contributed by atoms with Crippen LogP contribution in [0.25, 0.3) is 0 Å². The number of nitrogens with zero attached hydrogens (tertiary/aromatic N) is 2. The largest absolute Gasteiger partial charge is 0 e. The Hall–Kier alpha value is 1.35. The molecule has 0 saturated heterocycles. The number of halogens is 1. The molecule has 0 amide bonds. The maximum absolute atomic E-state index is 6.50. The summed E-state index contributed by atoms with van der Waals surface area (Å²) in [5.41, 5.74) is 0. The average molecular weight is 289 g/mol. The molecule has 0 aromatic carbocycles. The Morgan fingerprint density at radius 1 is 1.14 bits per heavy atom. The van der Waals surface area contributed by atoms with E-state index in [2.05, 4.69) is 33.8 Å². The monoisotopic (exact) mass is 287 g/mol. The van der Waals surface area contributed by atoms with Crippen LogP contribution in [0.1, 0.15) is 0 Å². The van der Waals surface area contributed by atoms with Crippen LogP contribution in [0.5, 0.6) is 0 Å². The van der Waals surface area contributed by atoms with Gasteiger partial charge in [-0.05, 0) is 12.2 Å². The quantitative estimate of drug-likeness (QED) is 0.435. The van der Waals surface area contributed by atoms with E-state index in [-0.39, 0.29) is 80.3 Å². The van der Waals surface area contributed by atoms with Crippen LogP contribution in [-0.4, -0.2) is 83.1 Å². The zero-order chi connectivity index (χ0) is 9.33. The van der Waals surface area contributed by atoms with E-state index in [1.807, 2.05) is 12.2 Å². The fraction of sp³-hybridized carbons (Fsp3) is 0.444. The van der Waals surface area contributed by atoms with Crippen LogP contribution < -0.4 is 0 Å². The molecular formula is C9H19ClKN2Ni+. The Labute approximate surface area is 147 Å². The van der Waals surface area contributed by atoms with Gasteiger partial charge in [0.15, 0.2) is 0 Å². The molecule has 0 fully saturated rings. The van der Waals surface area contributed by atoms with Gasteiger partial charge in [-0.2, -0.15) is 0 Å². The first-order chi connectivity index (χ1) is 5.12. The Morgan fingerprint density at radius 2 is 1.36 bits per heavy atom. The van der Waals surface area contributed by atoms with Gasteiger partial charge in [-0.1, -0.05) is 13.2 Å². The minimum Gasteiger partial charge on any atom is 0 e. The zero-order valence-corrected chi connectivity index (χ0v) is 9.98. The number of likely N-dealkylation sites (N-methyl/N-ethyl adjacent to an activating group) is 1. The molecule has 0 aromatic rings. The molecule has 0 radical (unpaired) electrons. The van der Waals surface area contributed by atoms with Gasteiger partial charge in [0, 0.05) is 23.1 Å². The summed E-state index contributed by atoms with van der Waals surface area (Å²) in [5.74, 6) is 0. The average Bonchev–Trinajstić information content (AvgIpc) is 1.91. The first kappa shape index (κ1) is 29.5. The summed E-state index contributed by atoms with van der Waals surface area (Å²) in [6.45, 7) is 12.9. The van der Waals surface area contributed by atoms with Crippen molar-refractivity contribution >= 4 is 63.8 Å². The third kappa shape index (κ3) is 23.3. The molecule has 0 N–H and O–H groups in total. The molecule has 0 saturated carbocycles. The van der Waals surface area contributed by atoms with Crippen molar-refractivity contribution in [2.24, 2.45) is 0 Å². The van der Waals surface area contributed by atoms with Crippen molar-refractivity contribution in [1.82, 2.24) is 0 Å². The summed E-state index contributed by atoms with van der Waals surface area (Å²) in [6, 6.07) is 0. The standard InChI is InChI=1S/C8H16N.CHN.ClH.K.Ni.H/c1-5-7-9(3,4)8-6-2;1-2;;;;/h5-6H,1-2,7-8H2,3-4H3;1H;1H;;;/q+1;;;;;. The van der Waals surface area contributed by atoms with Crippen molar-refractivity contribution in [3.05, 3.63) is 25.3 Å². The number of hydrogen-bond acceptors (Lipinski definition) is 1. The number of quaternary nitrogens is 1. The summed E-state index contributed by atoms with van der Waals surface area (Å²) in [5, 5.41) is 6.50. The topological polar surface area (TPSA) is 23.8 Å². The minimum absolute atomic E-state index is 0. The van der Waals surface area contributed by atoms with Gasteiger partial charge in [0.25, 0.3) is 0 Å². The molecule has 0 heterocycles. The van der Waals surface area contributed by atoms with Gasteiger partial charge in [0.1, 0.15) is 0 Å². The molecule has 0 aliphatic carbocycles. The predicted octanol–water partition coefficient (Wildman–Crippen LogP) is 1.35. The summed E-state index contributed by atoms with van der Waals surface area (Å²) in [7, 11) is 4.31. The van der Waals surface area contributed by atoms with Crippen LogP contribution >= 0.6 is 12.4 Å². The molecule has 14 heavy (non-hydrogen) atoms. The van der Waals surface area contributed by atoms with Gasteiger partial charge in [0.05, 0.1) is 27.2 Å². The molecule has 0 aliphatic heterocycles. The second-order valence-corrected chi connectivity index (χ2v) is 2.88. The van der Waals surface area contributed by atoms with Crippen molar-refractivity contribution in [3.63, 3.8) is 0 Å². The molecule has 0 spiro atoms. The van der Waals surface area contributed by atoms with Gasteiger partial charge < -0.3 is 4.48 Å². The molecule has 5 heteroatoms. The van der Waals surface area contributed by atoms with Gasteiger partial charge >= 0.3 is 51.4 Å². The minimum atomic E-state index is 0. The summed E-state index contributed by atoms with van der Waals surface area (Å²) in [6.07, 6.45) is 3.87. The van der Waals surface area contributed by atoms with Crippen LogP contribution in [-0.2, 0) is 16.5 Å². The van der Waals surface area contributed by atoms with E-state index < -0.39 is 0 Å². The van der Waals surface area contributed by atoms with Crippen molar-refractivity contribution in [2.45, 2.75) is 0 Å². The second kappa shape index (κ2) is 19.9. The molecule has 0 rings (SSSR count). The molecule has 0 bridgehead atoms. The van der Waals surface area contributed by atoms with Crippen LogP contribution in [0, 0.1) is 11.8 Å². The Balaban J connectivity index is -0.0000000505. The first-order valence-corrected chi connectivity index (χ1v) is 3.42. The Morgan fingerprint density at radius 3 is 1.50 bits per heavy atom. The fourth-order valence-corrected chi connectivity index (χ4v) is 0.774. The predicted molar refractivity (Wildman–Crippen MR) is 63.3 cm³/mol. The van der Waals surface area contributed by atoms with E-state index in [9.17, 15) is 0 Å². The van der Waals surface area contributed by atoms with Crippen molar-refractivity contribution in [3.8, 4) is 6.57 Å². The van der Waals surface area contributed by atoms with Crippen LogP contribution in [0.2, 0.25) is 0 Å². The van der Waals surface area contributed by atoms with Crippen LogP contribution in [0.15, 0.2) is 25.3 Å². The smallest absolute Gasteiger partial charge is 0 e.